The molecule has 2 heterocycles. The van der Waals surface area contributed by atoms with Crippen LogP contribution >= 0.6 is 0 Å². The van der Waals surface area contributed by atoms with Gasteiger partial charge in [-0.2, -0.15) is 4.31 Å². The van der Waals surface area contributed by atoms with Crippen molar-refractivity contribution in [2.75, 3.05) is 42.1 Å². The second-order valence-electron chi connectivity index (χ2n) is 7.39. The van der Waals surface area contributed by atoms with Crippen molar-refractivity contribution >= 4 is 33.0 Å². The number of aromatic nitrogens is 2. The highest BCUT2D eigenvalue weighted by molar-refractivity contribution is 7.89. The normalized spacial score (nSPS) is 17.5. The Bertz CT molecular complexity index is 928. The van der Waals surface area contributed by atoms with Crippen LogP contribution in [0.1, 0.15) is 33.6 Å². The van der Waals surface area contributed by atoms with Gasteiger partial charge in [-0.25, -0.2) is 18.4 Å². The number of hydrogen-bond donors (Lipinski definition) is 2. The summed E-state index contributed by atoms with van der Waals surface area (Å²) in [6.07, 6.45) is 3.84. The summed E-state index contributed by atoms with van der Waals surface area (Å²) in [5, 5.41) is 3.19. The van der Waals surface area contributed by atoms with E-state index in [1.165, 1.54) is 17.1 Å². The number of nitrogens with zero attached hydrogens (tertiary/aromatic N) is 4. The molecule has 8 nitrogen and oxygen atoms in total. The van der Waals surface area contributed by atoms with E-state index in [2.05, 4.69) is 27.1 Å². The maximum Gasteiger partial charge on any atom is 0.243 e. The van der Waals surface area contributed by atoms with Gasteiger partial charge in [0.2, 0.25) is 10.0 Å². The molecule has 0 radical (unpaired) electrons. The average molecular weight is 419 g/mol. The first-order valence-corrected chi connectivity index (χ1v) is 11.5. The van der Waals surface area contributed by atoms with Gasteiger partial charge in [0.15, 0.2) is 11.6 Å². The highest BCUT2D eigenvalue weighted by atomic mass is 32.2. The molecular formula is C20H30N6O2S. The quantitative estimate of drug-likeness (QED) is 0.712. The van der Waals surface area contributed by atoms with E-state index in [1.54, 1.807) is 24.3 Å². The third-order valence-electron chi connectivity index (χ3n) is 5.28. The Kier molecular flexibility index (Phi) is 6.59. The van der Waals surface area contributed by atoms with Gasteiger partial charge in [0.05, 0.1) is 4.90 Å². The molecule has 1 aromatic heterocycles. The van der Waals surface area contributed by atoms with Crippen LogP contribution in [0.5, 0.6) is 0 Å². The minimum atomic E-state index is -3.48. The van der Waals surface area contributed by atoms with Gasteiger partial charge >= 0.3 is 0 Å². The van der Waals surface area contributed by atoms with Crippen molar-refractivity contribution in [2.24, 2.45) is 5.92 Å². The molecule has 0 amide bonds. The Balaban J connectivity index is 1.79. The average Bonchev–Trinajstić information content (AvgIpc) is 2.71. The number of piperidine rings is 1. The highest BCUT2D eigenvalue weighted by Gasteiger charge is 2.22. The maximum absolute atomic E-state index is 12.6. The highest BCUT2D eigenvalue weighted by Crippen LogP contribution is 2.31. The predicted octanol–water partition coefficient (Wildman–Crippen LogP) is 3.07. The van der Waals surface area contributed by atoms with Crippen molar-refractivity contribution in [3.8, 4) is 0 Å². The lowest BCUT2D eigenvalue weighted by atomic mass is 10.0. The summed E-state index contributed by atoms with van der Waals surface area (Å²) in [7, 11) is -3.48. The first-order chi connectivity index (χ1) is 13.9. The molecule has 3 N–H and O–H groups in total. The molecular weight excluding hydrogens is 388 g/mol. The Hall–Kier alpha value is -2.39. The van der Waals surface area contributed by atoms with Crippen LogP contribution in [0, 0.1) is 5.92 Å². The lowest BCUT2D eigenvalue weighted by Crippen LogP contribution is -2.35. The third-order valence-corrected chi connectivity index (χ3v) is 7.34. The summed E-state index contributed by atoms with van der Waals surface area (Å²) >= 11 is 0. The third kappa shape index (κ3) is 4.62. The number of nitrogens with two attached hydrogens (primary N) is 1. The number of nitrogens with one attached hydrogen (secondary N) is 1. The SMILES string of the molecule is CCN(CC)S(=O)(=O)c1ccc(Nc2ncnc(N3CCCC(C)C3)c2N)cc1. The fraction of sp³-hybridized carbons (Fsp3) is 0.500. The number of sulfonamides is 1. The molecule has 29 heavy (non-hydrogen) atoms. The summed E-state index contributed by atoms with van der Waals surface area (Å²) in [6.45, 7) is 8.63. The Morgan fingerprint density at radius 2 is 1.90 bits per heavy atom. The van der Waals surface area contributed by atoms with Gasteiger partial charge < -0.3 is 16.0 Å². The van der Waals surface area contributed by atoms with Crippen molar-refractivity contribution < 1.29 is 8.42 Å². The van der Waals surface area contributed by atoms with Crippen LogP contribution in [0.3, 0.4) is 0 Å². The topological polar surface area (TPSA) is 104 Å². The molecule has 1 saturated heterocycles. The van der Waals surface area contributed by atoms with Crippen LogP contribution in [0.4, 0.5) is 23.0 Å². The van der Waals surface area contributed by atoms with Gasteiger partial charge in [-0.05, 0) is 43.0 Å². The van der Waals surface area contributed by atoms with E-state index >= 15 is 0 Å². The molecule has 1 atom stereocenters. The van der Waals surface area contributed by atoms with Crippen molar-refractivity contribution in [3.05, 3.63) is 30.6 Å². The zero-order valence-electron chi connectivity index (χ0n) is 17.3. The molecule has 1 aromatic carbocycles. The zero-order chi connectivity index (χ0) is 21.0. The van der Waals surface area contributed by atoms with Gasteiger partial charge in [0, 0.05) is 31.9 Å². The lowest BCUT2D eigenvalue weighted by Gasteiger charge is -2.32. The van der Waals surface area contributed by atoms with Crippen LogP contribution in [0.2, 0.25) is 0 Å². The molecule has 1 fully saturated rings. The van der Waals surface area contributed by atoms with Crippen LogP contribution in [0.25, 0.3) is 0 Å². The largest absolute Gasteiger partial charge is 0.393 e. The molecule has 0 spiro atoms. The number of nitrogen functional groups attached to an aromatic ring is 1. The summed E-state index contributed by atoms with van der Waals surface area (Å²) < 4.78 is 26.7. The molecule has 1 aliphatic rings. The minimum absolute atomic E-state index is 0.269. The Morgan fingerprint density at radius 3 is 2.52 bits per heavy atom. The van der Waals surface area contributed by atoms with Crippen molar-refractivity contribution in [1.29, 1.82) is 0 Å². The number of benzene rings is 1. The van der Waals surface area contributed by atoms with E-state index in [0.717, 1.165) is 25.3 Å². The van der Waals surface area contributed by atoms with Crippen LogP contribution in [-0.4, -0.2) is 48.9 Å². The van der Waals surface area contributed by atoms with E-state index in [-0.39, 0.29) is 4.90 Å². The molecule has 0 saturated carbocycles. The number of anilines is 4. The summed E-state index contributed by atoms with van der Waals surface area (Å²) in [6, 6.07) is 6.64. The van der Waals surface area contributed by atoms with Gasteiger partial charge in [0.1, 0.15) is 12.0 Å². The standard InChI is InChI=1S/C20H30N6O2S/c1-4-26(5-2)29(27,28)17-10-8-16(9-11-17)24-19-18(21)20(23-14-22-19)25-12-6-7-15(3)13-25/h8-11,14-15H,4-7,12-13,21H2,1-3H3,(H,22,23,24). The van der Waals surface area contributed by atoms with Gasteiger partial charge in [-0.3, -0.25) is 0 Å². The molecule has 1 aliphatic heterocycles. The second-order valence-corrected chi connectivity index (χ2v) is 9.33. The van der Waals surface area contributed by atoms with Gasteiger partial charge in [-0.15, -0.1) is 0 Å². The first kappa shape index (κ1) is 21.3. The van der Waals surface area contributed by atoms with Gasteiger partial charge in [-0.1, -0.05) is 20.8 Å². The zero-order valence-corrected chi connectivity index (χ0v) is 18.1. The van der Waals surface area contributed by atoms with Crippen molar-refractivity contribution in [3.63, 3.8) is 0 Å². The smallest absolute Gasteiger partial charge is 0.243 e. The fourth-order valence-corrected chi connectivity index (χ4v) is 5.14. The molecule has 0 aliphatic carbocycles. The predicted molar refractivity (Wildman–Crippen MR) is 117 cm³/mol. The summed E-state index contributed by atoms with van der Waals surface area (Å²) in [4.78, 5) is 11.1. The Labute approximate surface area is 173 Å². The first-order valence-electron chi connectivity index (χ1n) is 10.1. The van der Waals surface area contributed by atoms with Crippen molar-refractivity contribution in [1.82, 2.24) is 14.3 Å². The molecule has 9 heteroatoms. The molecule has 0 bridgehead atoms. The summed E-state index contributed by atoms with van der Waals surface area (Å²) in [5.74, 6) is 1.87. The lowest BCUT2D eigenvalue weighted by molar-refractivity contribution is 0.445. The molecule has 1 unspecified atom stereocenters. The molecule has 158 valence electrons. The second kappa shape index (κ2) is 8.96. The van der Waals surface area contributed by atoms with E-state index in [1.807, 2.05) is 13.8 Å². The summed E-state index contributed by atoms with van der Waals surface area (Å²) in [5.41, 5.74) is 7.57. The molecule has 2 aromatic rings. The molecule has 3 rings (SSSR count). The van der Waals surface area contributed by atoms with E-state index < -0.39 is 10.0 Å². The number of rotatable bonds is 7. The fourth-order valence-electron chi connectivity index (χ4n) is 3.68. The van der Waals surface area contributed by atoms with E-state index in [4.69, 9.17) is 5.73 Å². The monoisotopic (exact) mass is 418 g/mol. The number of hydrogen-bond acceptors (Lipinski definition) is 7. The van der Waals surface area contributed by atoms with Crippen LogP contribution in [0.15, 0.2) is 35.5 Å². The van der Waals surface area contributed by atoms with E-state index in [0.29, 0.717) is 36.2 Å². The maximum atomic E-state index is 12.6. The minimum Gasteiger partial charge on any atom is -0.393 e. The van der Waals surface area contributed by atoms with Crippen LogP contribution in [-0.2, 0) is 10.0 Å². The Morgan fingerprint density at radius 1 is 1.21 bits per heavy atom. The van der Waals surface area contributed by atoms with Crippen molar-refractivity contribution in [2.45, 2.75) is 38.5 Å². The van der Waals surface area contributed by atoms with E-state index in [9.17, 15) is 8.42 Å². The van der Waals surface area contributed by atoms with Gasteiger partial charge in [0.25, 0.3) is 0 Å². The van der Waals surface area contributed by atoms with Crippen LogP contribution < -0.4 is 16.0 Å².